The van der Waals surface area contributed by atoms with Crippen molar-refractivity contribution in [1.29, 1.82) is 0 Å². The molecule has 0 aliphatic carbocycles. The summed E-state index contributed by atoms with van der Waals surface area (Å²) in [5.74, 6) is -0.230. The molecular formula is C25H25N3O5. The molecule has 1 aliphatic heterocycles. The summed E-state index contributed by atoms with van der Waals surface area (Å²) in [6.45, 7) is 2.15. The molecule has 4 rings (SSSR count). The number of anilines is 1. The number of benzene rings is 2. The van der Waals surface area contributed by atoms with Crippen LogP contribution in [0.25, 0.3) is 0 Å². The van der Waals surface area contributed by atoms with Gasteiger partial charge in [0.25, 0.3) is 5.56 Å². The predicted molar refractivity (Wildman–Crippen MR) is 124 cm³/mol. The largest absolute Gasteiger partial charge is 0.489 e. The summed E-state index contributed by atoms with van der Waals surface area (Å²) in [4.78, 5) is 38.4. The molecule has 0 unspecified atom stereocenters. The van der Waals surface area contributed by atoms with Crippen molar-refractivity contribution in [3.63, 3.8) is 0 Å². The number of hydrogen-bond acceptors (Lipinski definition) is 6. The predicted octanol–water partition coefficient (Wildman–Crippen LogP) is 2.67. The van der Waals surface area contributed by atoms with Crippen molar-refractivity contribution in [3.8, 4) is 5.75 Å². The monoisotopic (exact) mass is 447 g/mol. The average Bonchev–Trinajstić information content (AvgIpc) is 2.84. The smallest absolute Gasteiger partial charge is 0.336 e. The SMILES string of the molecule is COC(=O)C1=C(C)Nc2c(c(=O)n(C)c(=O)n2C)[C@@H]1c1ccc(OCc2ccccc2)cc1. The zero-order valence-electron chi connectivity index (χ0n) is 18.9. The van der Waals surface area contributed by atoms with E-state index in [9.17, 15) is 14.4 Å². The summed E-state index contributed by atoms with van der Waals surface area (Å²) in [5, 5.41) is 3.06. The first-order valence-corrected chi connectivity index (χ1v) is 10.5. The first-order valence-electron chi connectivity index (χ1n) is 10.5. The van der Waals surface area contributed by atoms with Crippen LogP contribution >= 0.6 is 0 Å². The zero-order chi connectivity index (χ0) is 23.7. The zero-order valence-corrected chi connectivity index (χ0v) is 18.9. The quantitative estimate of drug-likeness (QED) is 0.605. The van der Waals surface area contributed by atoms with Crippen LogP contribution < -0.4 is 21.3 Å². The maximum Gasteiger partial charge on any atom is 0.336 e. The molecule has 1 aromatic heterocycles. The molecule has 2 heterocycles. The number of nitrogens with zero attached hydrogens (tertiary/aromatic N) is 2. The molecule has 0 fully saturated rings. The van der Waals surface area contributed by atoms with Crippen LogP contribution in [-0.4, -0.2) is 22.2 Å². The molecule has 33 heavy (non-hydrogen) atoms. The van der Waals surface area contributed by atoms with E-state index in [4.69, 9.17) is 9.47 Å². The van der Waals surface area contributed by atoms with Crippen LogP contribution in [0.3, 0.4) is 0 Å². The Kier molecular flexibility index (Phi) is 5.91. The van der Waals surface area contributed by atoms with E-state index in [1.807, 2.05) is 42.5 Å². The second-order valence-corrected chi connectivity index (χ2v) is 7.90. The van der Waals surface area contributed by atoms with Crippen LogP contribution in [0.2, 0.25) is 0 Å². The van der Waals surface area contributed by atoms with E-state index in [1.165, 1.54) is 18.7 Å². The number of nitrogens with one attached hydrogen (secondary N) is 1. The molecule has 0 saturated heterocycles. The van der Waals surface area contributed by atoms with E-state index in [0.717, 1.165) is 10.1 Å². The Hall–Kier alpha value is -4.07. The molecule has 0 saturated carbocycles. The average molecular weight is 447 g/mol. The van der Waals surface area contributed by atoms with Crippen LogP contribution in [0.15, 0.2) is 75.5 Å². The van der Waals surface area contributed by atoms with E-state index in [-0.39, 0.29) is 0 Å². The van der Waals surface area contributed by atoms with Crippen molar-refractivity contribution in [3.05, 3.63) is 103 Å². The number of esters is 1. The minimum atomic E-state index is -0.706. The van der Waals surface area contributed by atoms with Crippen molar-refractivity contribution < 1.29 is 14.3 Å². The molecule has 3 aromatic rings. The highest BCUT2D eigenvalue weighted by Gasteiger charge is 2.37. The highest BCUT2D eigenvalue weighted by molar-refractivity contribution is 5.94. The van der Waals surface area contributed by atoms with Crippen molar-refractivity contribution in [1.82, 2.24) is 9.13 Å². The Morgan fingerprint density at radius 3 is 2.30 bits per heavy atom. The summed E-state index contributed by atoms with van der Waals surface area (Å²) in [6.07, 6.45) is 0. The Morgan fingerprint density at radius 1 is 1.00 bits per heavy atom. The number of methoxy groups -OCH3 is 1. The highest BCUT2D eigenvalue weighted by atomic mass is 16.5. The minimum absolute atomic E-state index is 0.309. The normalized spacial score (nSPS) is 15.0. The third-order valence-electron chi connectivity index (χ3n) is 5.85. The van der Waals surface area contributed by atoms with Crippen LogP contribution in [0.5, 0.6) is 5.75 Å². The topological polar surface area (TPSA) is 91.6 Å². The fourth-order valence-electron chi connectivity index (χ4n) is 4.10. The van der Waals surface area contributed by atoms with Crippen LogP contribution in [0.4, 0.5) is 5.82 Å². The van der Waals surface area contributed by atoms with Gasteiger partial charge >= 0.3 is 11.7 Å². The van der Waals surface area contributed by atoms with Crippen LogP contribution in [0, 0.1) is 0 Å². The summed E-state index contributed by atoms with van der Waals surface area (Å²) in [5.41, 5.74) is 1.98. The first kappa shape index (κ1) is 22.1. The standard InChI is InChI=1S/C25H25N3O5/c1-15-19(24(30)32-4)20(21-22(26-15)27(2)25(31)28(3)23(21)29)17-10-12-18(13-11-17)33-14-16-8-6-5-7-9-16/h5-13,20,26H,14H2,1-4H3/t20-/m1/s1. The maximum atomic E-state index is 13.2. The number of carbonyl (C=O) groups is 1. The number of fused-ring (bicyclic) bond motifs is 1. The fraction of sp³-hybridized carbons (Fsp3) is 0.240. The van der Waals surface area contributed by atoms with Gasteiger partial charge in [-0.1, -0.05) is 42.5 Å². The van der Waals surface area contributed by atoms with Crippen LogP contribution in [0.1, 0.15) is 29.5 Å². The summed E-state index contributed by atoms with van der Waals surface area (Å²) < 4.78 is 13.3. The second kappa shape index (κ2) is 8.82. The van der Waals surface area contributed by atoms with Gasteiger partial charge in [0, 0.05) is 19.8 Å². The molecule has 1 atom stereocenters. The Bertz CT molecular complexity index is 1350. The van der Waals surface area contributed by atoms with E-state index < -0.39 is 23.1 Å². The molecule has 1 N–H and O–H groups in total. The van der Waals surface area contributed by atoms with Gasteiger partial charge in [-0.2, -0.15) is 0 Å². The lowest BCUT2D eigenvalue weighted by Crippen LogP contribution is -2.43. The maximum absolute atomic E-state index is 13.2. The molecule has 0 amide bonds. The van der Waals surface area contributed by atoms with Gasteiger partial charge in [-0.25, -0.2) is 9.59 Å². The van der Waals surface area contributed by atoms with Crippen molar-refractivity contribution in [2.24, 2.45) is 14.1 Å². The second-order valence-electron chi connectivity index (χ2n) is 7.90. The van der Waals surface area contributed by atoms with E-state index in [0.29, 0.717) is 40.6 Å². The molecule has 8 nitrogen and oxygen atoms in total. The number of hydrogen-bond donors (Lipinski definition) is 1. The van der Waals surface area contributed by atoms with Crippen molar-refractivity contribution in [2.45, 2.75) is 19.4 Å². The molecular weight excluding hydrogens is 422 g/mol. The fourth-order valence-corrected chi connectivity index (χ4v) is 4.10. The Labute approximate surface area is 190 Å². The van der Waals surface area contributed by atoms with Crippen molar-refractivity contribution in [2.75, 3.05) is 12.4 Å². The highest BCUT2D eigenvalue weighted by Crippen LogP contribution is 2.40. The summed E-state index contributed by atoms with van der Waals surface area (Å²) in [6, 6.07) is 17.1. The summed E-state index contributed by atoms with van der Waals surface area (Å²) in [7, 11) is 4.31. The minimum Gasteiger partial charge on any atom is -0.489 e. The number of rotatable bonds is 5. The Balaban J connectivity index is 1.78. The number of carbonyl (C=O) groups excluding carboxylic acids is 1. The molecule has 0 bridgehead atoms. The van der Waals surface area contributed by atoms with Gasteiger partial charge in [0.1, 0.15) is 18.2 Å². The van der Waals surface area contributed by atoms with E-state index in [2.05, 4.69) is 5.32 Å². The molecule has 8 heteroatoms. The van der Waals surface area contributed by atoms with E-state index >= 15 is 0 Å². The van der Waals surface area contributed by atoms with Gasteiger partial charge in [-0.15, -0.1) is 0 Å². The van der Waals surface area contributed by atoms with Gasteiger partial charge in [-0.05, 0) is 30.2 Å². The van der Waals surface area contributed by atoms with Crippen LogP contribution in [-0.2, 0) is 30.2 Å². The lowest BCUT2D eigenvalue weighted by Gasteiger charge is -2.30. The van der Waals surface area contributed by atoms with Gasteiger partial charge < -0.3 is 14.8 Å². The van der Waals surface area contributed by atoms with Gasteiger partial charge in [0.2, 0.25) is 0 Å². The Morgan fingerprint density at radius 2 is 1.67 bits per heavy atom. The van der Waals surface area contributed by atoms with Gasteiger partial charge in [0.15, 0.2) is 0 Å². The molecule has 0 spiro atoms. The third kappa shape index (κ3) is 3.95. The molecule has 1 aliphatic rings. The van der Waals surface area contributed by atoms with E-state index in [1.54, 1.807) is 26.1 Å². The summed E-state index contributed by atoms with van der Waals surface area (Å²) >= 11 is 0. The molecule has 2 aromatic carbocycles. The first-order chi connectivity index (χ1) is 15.8. The number of allylic oxidation sites excluding steroid dienone is 1. The lowest BCUT2D eigenvalue weighted by molar-refractivity contribution is -0.136. The third-order valence-corrected chi connectivity index (χ3v) is 5.85. The van der Waals surface area contributed by atoms with Gasteiger partial charge in [-0.3, -0.25) is 13.9 Å². The number of ether oxygens (including phenoxy) is 2. The lowest BCUT2D eigenvalue weighted by atomic mass is 9.82. The number of aromatic nitrogens is 2. The van der Waals surface area contributed by atoms with Gasteiger partial charge in [0.05, 0.1) is 24.2 Å². The van der Waals surface area contributed by atoms with Crippen molar-refractivity contribution >= 4 is 11.8 Å². The molecule has 170 valence electrons. The molecule has 0 radical (unpaired) electrons.